The van der Waals surface area contributed by atoms with E-state index >= 15 is 0 Å². The number of carbonyl (C=O) groups is 1. The van der Waals surface area contributed by atoms with Gasteiger partial charge < -0.3 is 14.9 Å². The maximum atomic E-state index is 12.9. The molecule has 0 saturated heterocycles. The second-order valence-electron chi connectivity index (χ2n) is 6.82. The third-order valence-corrected chi connectivity index (χ3v) is 4.72. The van der Waals surface area contributed by atoms with Crippen molar-refractivity contribution < 1.29 is 23.1 Å². The fraction of sp³-hybridized carbons (Fsp3) is 0.227. The number of amides is 1. The highest BCUT2D eigenvalue weighted by molar-refractivity contribution is 5.94. The summed E-state index contributed by atoms with van der Waals surface area (Å²) in [5.74, 6) is -0.668. The average Bonchev–Trinajstić information content (AvgIpc) is 2.98. The number of halogens is 2. The number of aromatic nitrogens is 2. The number of oxime groups is 1. The van der Waals surface area contributed by atoms with E-state index in [9.17, 15) is 18.4 Å². The first-order valence-corrected chi connectivity index (χ1v) is 9.67. The van der Waals surface area contributed by atoms with Gasteiger partial charge in [0.2, 0.25) is 6.10 Å². The molecular weight excluding hydrogens is 422 g/mol. The smallest absolute Gasteiger partial charge is 0.387 e. The minimum Gasteiger partial charge on any atom is -0.434 e. The molecule has 1 aromatic heterocycles. The van der Waals surface area contributed by atoms with Crippen molar-refractivity contribution in [2.75, 3.05) is 5.32 Å². The highest BCUT2D eigenvalue weighted by Crippen LogP contribution is 2.19. The van der Waals surface area contributed by atoms with Crippen LogP contribution in [-0.4, -0.2) is 34.2 Å². The number of rotatable bonds is 8. The predicted molar refractivity (Wildman–Crippen MR) is 116 cm³/mol. The van der Waals surface area contributed by atoms with Crippen molar-refractivity contribution in [3.63, 3.8) is 0 Å². The zero-order valence-corrected chi connectivity index (χ0v) is 17.7. The van der Waals surface area contributed by atoms with Crippen molar-refractivity contribution >= 4 is 17.8 Å². The SMILES string of the molecule is Cc1c(NC(=O)C(C)ON=Cc2ccccc2OC(F)F)c(=O)n(-c2ccccc2)n1C. The predicted octanol–water partition coefficient (Wildman–Crippen LogP) is 3.46. The molecule has 0 aliphatic rings. The maximum Gasteiger partial charge on any atom is 0.387 e. The van der Waals surface area contributed by atoms with Gasteiger partial charge in [0.1, 0.15) is 11.4 Å². The van der Waals surface area contributed by atoms with Gasteiger partial charge in [0.25, 0.3) is 11.5 Å². The van der Waals surface area contributed by atoms with Crippen molar-refractivity contribution in [3.05, 3.63) is 76.2 Å². The maximum absolute atomic E-state index is 12.9. The molecule has 0 aliphatic carbocycles. The normalized spacial score (nSPS) is 12.2. The Balaban J connectivity index is 1.71. The quantitative estimate of drug-likeness (QED) is 0.426. The van der Waals surface area contributed by atoms with Gasteiger partial charge in [-0.3, -0.25) is 14.3 Å². The minimum absolute atomic E-state index is 0.0756. The number of benzene rings is 2. The fourth-order valence-electron chi connectivity index (χ4n) is 2.95. The van der Waals surface area contributed by atoms with E-state index in [-0.39, 0.29) is 17.0 Å². The lowest BCUT2D eigenvalue weighted by molar-refractivity contribution is -0.126. The topological polar surface area (TPSA) is 86.9 Å². The first-order valence-electron chi connectivity index (χ1n) is 9.67. The standard InChI is InChI=1S/C22H22F2N4O4/c1-14-19(21(30)28(27(14)3)17-10-5-4-6-11-17)26-20(29)15(2)32-25-13-16-9-7-8-12-18(16)31-22(23)24/h4-13,15,22H,1-3H3,(H,26,29). The van der Waals surface area contributed by atoms with E-state index < -0.39 is 24.2 Å². The van der Waals surface area contributed by atoms with Crippen LogP contribution in [0.3, 0.4) is 0 Å². The number of anilines is 1. The molecule has 1 amide bonds. The second kappa shape index (κ2) is 9.90. The average molecular weight is 444 g/mol. The van der Waals surface area contributed by atoms with Crippen LogP contribution in [-0.2, 0) is 16.7 Å². The van der Waals surface area contributed by atoms with E-state index in [4.69, 9.17) is 4.84 Å². The Morgan fingerprint density at radius 1 is 1.12 bits per heavy atom. The lowest BCUT2D eigenvalue weighted by Crippen LogP contribution is -2.29. The molecule has 1 N–H and O–H groups in total. The number of ether oxygens (including phenoxy) is 1. The summed E-state index contributed by atoms with van der Waals surface area (Å²) >= 11 is 0. The summed E-state index contributed by atoms with van der Waals surface area (Å²) in [6, 6.07) is 15.0. The number of carbonyl (C=O) groups excluding carboxylic acids is 1. The first kappa shape index (κ1) is 22.7. The Labute approximate surface area is 182 Å². The number of hydrogen-bond donors (Lipinski definition) is 1. The monoisotopic (exact) mass is 444 g/mol. The lowest BCUT2D eigenvalue weighted by atomic mass is 10.2. The van der Waals surface area contributed by atoms with E-state index in [1.807, 2.05) is 6.07 Å². The third kappa shape index (κ3) is 5.02. The van der Waals surface area contributed by atoms with E-state index in [0.717, 1.165) is 6.21 Å². The van der Waals surface area contributed by atoms with Gasteiger partial charge in [-0.05, 0) is 38.1 Å². The van der Waals surface area contributed by atoms with E-state index in [0.29, 0.717) is 11.4 Å². The molecule has 1 unspecified atom stereocenters. The number of hydrogen-bond acceptors (Lipinski definition) is 5. The lowest BCUT2D eigenvalue weighted by Gasteiger charge is -2.10. The zero-order valence-electron chi connectivity index (χ0n) is 17.7. The number of nitrogens with zero attached hydrogens (tertiary/aromatic N) is 3. The highest BCUT2D eigenvalue weighted by Gasteiger charge is 2.21. The van der Waals surface area contributed by atoms with Crippen LogP contribution in [0.4, 0.5) is 14.5 Å². The summed E-state index contributed by atoms with van der Waals surface area (Å²) < 4.78 is 32.5. The van der Waals surface area contributed by atoms with Gasteiger partial charge in [-0.1, -0.05) is 35.5 Å². The molecule has 0 spiro atoms. The summed E-state index contributed by atoms with van der Waals surface area (Å²) in [4.78, 5) is 30.6. The molecule has 8 nitrogen and oxygen atoms in total. The Bertz CT molecular complexity index is 1170. The number of para-hydroxylation sites is 2. The van der Waals surface area contributed by atoms with Crippen molar-refractivity contribution in [2.45, 2.75) is 26.6 Å². The molecule has 0 bridgehead atoms. The van der Waals surface area contributed by atoms with Crippen LogP contribution in [0.1, 0.15) is 18.2 Å². The van der Waals surface area contributed by atoms with Crippen LogP contribution >= 0.6 is 0 Å². The summed E-state index contributed by atoms with van der Waals surface area (Å²) in [5, 5.41) is 6.27. The molecule has 0 aliphatic heterocycles. The van der Waals surface area contributed by atoms with E-state index in [1.165, 1.54) is 29.8 Å². The van der Waals surface area contributed by atoms with Gasteiger partial charge in [0.05, 0.1) is 17.6 Å². The Hall–Kier alpha value is -3.95. The second-order valence-corrected chi connectivity index (χ2v) is 6.82. The summed E-state index contributed by atoms with van der Waals surface area (Å²) in [6.45, 7) is 0.173. The van der Waals surface area contributed by atoms with E-state index in [2.05, 4.69) is 15.2 Å². The first-order chi connectivity index (χ1) is 15.3. The van der Waals surface area contributed by atoms with Gasteiger partial charge in [-0.15, -0.1) is 0 Å². The van der Waals surface area contributed by atoms with E-state index in [1.54, 1.807) is 49.0 Å². The van der Waals surface area contributed by atoms with Gasteiger partial charge in [0.15, 0.2) is 0 Å². The molecule has 1 heterocycles. The van der Waals surface area contributed by atoms with Crippen molar-refractivity contribution in [1.82, 2.24) is 9.36 Å². The number of alkyl halides is 2. The van der Waals surface area contributed by atoms with Crippen LogP contribution in [0.25, 0.3) is 5.69 Å². The fourth-order valence-corrected chi connectivity index (χ4v) is 2.95. The highest BCUT2D eigenvalue weighted by atomic mass is 19.3. The molecule has 1 atom stereocenters. The zero-order chi connectivity index (χ0) is 23.3. The van der Waals surface area contributed by atoms with Gasteiger partial charge in [-0.2, -0.15) is 8.78 Å². The molecule has 32 heavy (non-hydrogen) atoms. The Kier molecular flexibility index (Phi) is 7.04. The molecular formula is C22H22F2N4O4. The minimum atomic E-state index is -2.98. The van der Waals surface area contributed by atoms with Gasteiger partial charge in [0, 0.05) is 12.6 Å². The molecule has 10 heteroatoms. The molecule has 168 valence electrons. The van der Waals surface area contributed by atoms with Crippen LogP contribution in [0.2, 0.25) is 0 Å². The number of nitrogens with one attached hydrogen (secondary N) is 1. The summed E-state index contributed by atoms with van der Waals surface area (Å²) in [7, 11) is 1.71. The van der Waals surface area contributed by atoms with Crippen LogP contribution < -0.4 is 15.6 Å². The van der Waals surface area contributed by atoms with Crippen LogP contribution in [0, 0.1) is 6.92 Å². The largest absolute Gasteiger partial charge is 0.434 e. The van der Waals surface area contributed by atoms with Crippen molar-refractivity contribution in [2.24, 2.45) is 12.2 Å². The molecule has 3 aromatic rings. The molecule has 2 aromatic carbocycles. The van der Waals surface area contributed by atoms with Crippen molar-refractivity contribution in [1.29, 1.82) is 0 Å². The summed E-state index contributed by atoms with van der Waals surface area (Å²) in [5.41, 5.74) is 1.20. The van der Waals surface area contributed by atoms with Crippen LogP contribution in [0.15, 0.2) is 64.5 Å². The van der Waals surface area contributed by atoms with Crippen LogP contribution in [0.5, 0.6) is 5.75 Å². The molecule has 0 fully saturated rings. The Morgan fingerprint density at radius 3 is 2.47 bits per heavy atom. The Morgan fingerprint density at radius 2 is 1.78 bits per heavy atom. The van der Waals surface area contributed by atoms with Gasteiger partial charge >= 0.3 is 6.61 Å². The molecule has 0 radical (unpaired) electrons. The third-order valence-electron chi connectivity index (χ3n) is 4.72. The molecule has 3 rings (SSSR count). The molecule has 0 saturated carbocycles. The van der Waals surface area contributed by atoms with Crippen molar-refractivity contribution in [3.8, 4) is 11.4 Å². The van der Waals surface area contributed by atoms with Gasteiger partial charge in [-0.25, -0.2) is 4.68 Å². The summed E-state index contributed by atoms with van der Waals surface area (Å²) in [6.07, 6.45) is 0.107.